The van der Waals surface area contributed by atoms with Gasteiger partial charge in [-0.25, -0.2) is 0 Å². The van der Waals surface area contributed by atoms with Crippen molar-refractivity contribution in [2.24, 2.45) is 0 Å². The maximum Gasteiger partial charge on any atom is 0.294 e. The van der Waals surface area contributed by atoms with Crippen molar-refractivity contribution in [1.82, 2.24) is 15.5 Å². The zero-order chi connectivity index (χ0) is 13.6. The Morgan fingerprint density at radius 3 is 2.56 bits per heavy atom. The second kappa shape index (κ2) is 7.01. The third-order valence-corrected chi connectivity index (χ3v) is 2.81. The van der Waals surface area contributed by atoms with E-state index in [4.69, 9.17) is 9.47 Å². The number of hydrogen-bond donors (Lipinski definition) is 1. The molecule has 1 aromatic rings. The number of nitrogens with one attached hydrogen (secondary N) is 1. The molecule has 0 saturated carbocycles. The minimum Gasteiger partial charge on any atom is -0.466 e. The molecule has 0 unspecified atom stereocenters. The van der Waals surface area contributed by atoms with E-state index in [1.54, 1.807) is 0 Å². The van der Waals surface area contributed by atoms with E-state index in [2.05, 4.69) is 36.3 Å². The molecular formula is C12H23N3O2S. The second-order valence-corrected chi connectivity index (χ2v) is 6.36. The fourth-order valence-corrected chi connectivity index (χ4v) is 1.77. The Hall–Kier alpha value is -0.720. The van der Waals surface area contributed by atoms with Gasteiger partial charge in [-0.05, 0) is 34.6 Å². The van der Waals surface area contributed by atoms with E-state index in [1.807, 2.05) is 13.8 Å². The maximum absolute atomic E-state index is 5.46. The number of ether oxygens (including phenoxy) is 2. The van der Waals surface area contributed by atoms with Crippen molar-refractivity contribution in [3.8, 4) is 5.19 Å². The van der Waals surface area contributed by atoms with E-state index < -0.39 is 0 Å². The topological polar surface area (TPSA) is 56.3 Å². The molecule has 1 rings (SSSR count). The molecule has 1 aromatic heterocycles. The van der Waals surface area contributed by atoms with E-state index in [-0.39, 0.29) is 11.6 Å². The summed E-state index contributed by atoms with van der Waals surface area (Å²) in [4.78, 5) is 0. The summed E-state index contributed by atoms with van der Waals surface area (Å²) in [6, 6.07) is 0. The zero-order valence-electron chi connectivity index (χ0n) is 11.8. The first-order valence-electron chi connectivity index (χ1n) is 6.18. The van der Waals surface area contributed by atoms with E-state index >= 15 is 0 Å². The average Bonchev–Trinajstić information content (AvgIpc) is 2.68. The molecule has 0 bridgehead atoms. The Balaban J connectivity index is 2.26. The van der Waals surface area contributed by atoms with Crippen molar-refractivity contribution >= 4 is 11.3 Å². The largest absolute Gasteiger partial charge is 0.466 e. The summed E-state index contributed by atoms with van der Waals surface area (Å²) >= 11 is 1.47. The first kappa shape index (κ1) is 15.3. The molecule has 1 heterocycles. The van der Waals surface area contributed by atoms with Crippen LogP contribution in [0.25, 0.3) is 0 Å². The molecule has 0 aromatic carbocycles. The first-order valence-corrected chi connectivity index (χ1v) is 7.00. The molecule has 6 heteroatoms. The lowest BCUT2D eigenvalue weighted by molar-refractivity contribution is 0.0550. The highest BCUT2D eigenvalue weighted by atomic mass is 32.1. The van der Waals surface area contributed by atoms with E-state index in [9.17, 15) is 0 Å². The molecule has 0 amide bonds. The summed E-state index contributed by atoms with van der Waals surface area (Å²) in [5.74, 6) is 0. The standard InChI is InChI=1S/C12H23N3O2S/c1-9(2)16-6-7-17-11-15-14-10(18-11)8-13-12(3,4)5/h9,13H,6-8H2,1-5H3. The molecule has 0 radical (unpaired) electrons. The molecule has 0 aliphatic carbocycles. The van der Waals surface area contributed by atoms with Crippen molar-refractivity contribution in [2.75, 3.05) is 13.2 Å². The van der Waals surface area contributed by atoms with Crippen LogP contribution >= 0.6 is 11.3 Å². The van der Waals surface area contributed by atoms with Gasteiger partial charge in [-0.3, -0.25) is 0 Å². The fourth-order valence-electron chi connectivity index (χ4n) is 1.12. The maximum atomic E-state index is 5.46. The number of aromatic nitrogens is 2. The van der Waals surface area contributed by atoms with Crippen molar-refractivity contribution in [1.29, 1.82) is 0 Å². The van der Waals surface area contributed by atoms with Gasteiger partial charge in [0.25, 0.3) is 5.19 Å². The SMILES string of the molecule is CC(C)OCCOc1nnc(CNC(C)(C)C)s1. The molecule has 104 valence electrons. The summed E-state index contributed by atoms with van der Waals surface area (Å²) in [5.41, 5.74) is 0.0811. The van der Waals surface area contributed by atoms with Crippen LogP contribution in [-0.2, 0) is 11.3 Å². The van der Waals surface area contributed by atoms with Crippen LogP contribution in [0.2, 0.25) is 0 Å². The lowest BCUT2D eigenvalue weighted by Gasteiger charge is -2.19. The summed E-state index contributed by atoms with van der Waals surface area (Å²) in [7, 11) is 0. The Morgan fingerprint density at radius 2 is 1.94 bits per heavy atom. The van der Waals surface area contributed by atoms with Gasteiger partial charge in [-0.2, -0.15) is 0 Å². The molecule has 0 fully saturated rings. The normalized spacial score (nSPS) is 12.1. The van der Waals surface area contributed by atoms with Crippen molar-refractivity contribution in [3.63, 3.8) is 0 Å². The summed E-state index contributed by atoms with van der Waals surface area (Å²) < 4.78 is 10.8. The second-order valence-electron chi connectivity index (χ2n) is 5.33. The summed E-state index contributed by atoms with van der Waals surface area (Å²) in [5, 5.41) is 13.0. The van der Waals surface area contributed by atoms with E-state index in [1.165, 1.54) is 11.3 Å². The summed E-state index contributed by atoms with van der Waals surface area (Å²) in [6.07, 6.45) is 0.231. The van der Waals surface area contributed by atoms with E-state index in [0.29, 0.717) is 25.0 Å². The Labute approximate surface area is 113 Å². The minimum atomic E-state index is 0.0811. The smallest absolute Gasteiger partial charge is 0.294 e. The van der Waals surface area contributed by atoms with Crippen LogP contribution in [0, 0.1) is 0 Å². The highest BCUT2D eigenvalue weighted by Crippen LogP contribution is 2.18. The molecular weight excluding hydrogens is 250 g/mol. The first-order chi connectivity index (χ1) is 8.37. The predicted octanol–water partition coefficient (Wildman–Crippen LogP) is 2.23. The van der Waals surface area contributed by atoms with Crippen molar-refractivity contribution in [2.45, 2.75) is 52.8 Å². The Kier molecular flexibility index (Phi) is 5.98. The van der Waals surface area contributed by atoms with Gasteiger partial charge in [0.05, 0.1) is 19.3 Å². The van der Waals surface area contributed by atoms with Crippen LogP contribution < -0.4 is 10.1 Å². The van der Waals surface area contributed by atoms with E-state index in [0.717, 1.165) is 5.01 Å². The van der Waals surface area contributed by atoms with Gasteiger partial charge in [0.1, 0.15) is 11.6 Å². The zero-order valence-corrected chi connectivity index (χ0v) is 12.6. The predicted molar refractivity (Wildman–Crippen MR) is 73.1 cm³/mol. The third-order valence-electron chi connectivity index (χ3n) is 1.98. The molecule has 0 spiro atoms. The average molecular weight is 273 g/mol. The van der Waals surface area contributed by atoms with Gasteiger partial charge in [0.2, 0.25) is 0 Å². The minimum absolute atomic E-state index is 0.0811. The van der Waals surface area contributed by atoms with Gasteiger partial charge in [0.15, 0.2) is 0 Å². The van der Waals surface area contributed by atoms with Crippen LogP contribution in [0.3, 0.4) is 0 Å². The Morgan fingerprint density at radius 1 is 1.22 bits per heavy atom. The third kappa shape index (κ3) is 6.88. The highest BCUT2D eigenvalue weighted by molar-refractivity contribution is 7.13. The molecule has 0 saturated heterocycles. The molecule has 0 aliphatic heterocycles. The van der Waals surface area contributed by atoms with Crippen LogP contribution in [0.5, 0.6) is 5.19 Å². The lowest BCUT2D eigenvalue weighted by Crippen LogP contribution is -2.35. The molecule has 1 N–H and O–H groups in total. The fraction of sp³-hybridized carbons (Fsp3) is 0.833. The van der Waals surface area contributed by atoms with Crippen molar-refractivity contribution in [3.05, 3.63) is 5.01 Å². The number of nitrogens with zero attached hydrogens (tertiary/aromatic N) is 2. The van der Waals surface area contributed by atoms with Gasteiger partial charge in [0, 0.05) is 5.54 Å². The monoisotopic (exact) mass is 273 g/mol. The van der Waals surface area contributed by atoms with Gasteiger partial charge in [-0.15, -0.1) is 10.2 Å². The number of rotatable bonds is 7. The quantitative estimate of drug-likeness (QED) is 0.772. The van der Waals surface area contributed by atoms with Crippen LogP contribution in [0.1, 0.15) is 39.6 Å². The van der Waals surface area contributed by atoms with Crippen LogP contribution in [0.4, 0.5) is 0 Å². The molecule has 18 heavy (non-hydrogen) atoms. The Bertz CT molecular complexity index is 347. The lowest BCUT2D eigenvalue weighted by atomic mass is 10.1. The van der Waals surface area contributed by atoms with Crippen LogP contribution in [0.15, 0.2) is 0 Å². The molecule has 5 nitrogen and oxygen atoms in total. The number of hydrogen-bond acceptors (Lipinski definition) is 6. The highest BCUT2D eigenvalue weighted by Gasteiger charge is 2.11. The van der Waals surface area contributed by atoms with Gasteiger partial charge < -0.3 is 14.8 Å². The van der Waals surface area contributed by atoms with Crippen molar-refractivity contribution < 1.29 is 9.47 Å². The molecule has 0 aliphatic rings. The molecule has 0 atom stereocenters. The van der Waals surface area contributed by atoms with Crippen LogP contribution in [-0.4, -0.2) is 35.1 Å². The van der Waals surface area contributed by atoms with Gasteiger partial charge >= 0.3 is 0 Å². The van der Waals surface area contributed by atoms with Gasteiger partial charge in [-0.1, -0.05) is 11.3 Å². The summed E-state index contributed by atoms with van der Waals surface area (Å²) in [6.45, 7) is 12.2.